The van der Waals surface area contributed by atoms with Crippen molar-refractivity contribution >= 4 is 24.0 Å². The molecule has 0 spiro atoms. The van der Waals surface area contributed by atoms with E-state index in [1.807, 2.05) is 36.4 Å². The lowest BCUT2D eigenvalue weighted by Crippen LogP contribution is -2.40. The minimum atomic E-state index is -0.874. The fourth-order valence-electron chi connectivity index (χ4n) is 2.67. The van der Waals surface area contributed by atoms with Crippen molar-refractivity contribution in [2.75, 3.05) is 6.61 Å². The average Bonchev–Trinajstić information content (AvgIpc) is 2.88. The zero-order chi connectivity index (χ0) is 19.1. The SMILES string of the molecule is CC(=O)OC[C@H]1O[C@@H](/C=C/c2ccccc2)[C@@H](OC(C)=O)[C@@H]1OC(C)=O. The molecule has 0 saturated carbocycles. The fraction of sp³-hybridized carbons (Fsp3) is 0.421. The quantitative estimate of drug-likeness (QED) is 0.564. The molecule has 1 aliphatic heterocycles. The zero-order valence-electron chi connectivity index (χ0n) is 14.9. The Morgan fingerprint density at radius 2 is 1.58 bits per heavy atom. The van der Waals surface area contributed by atoms with E-state index in [1.54, 1.807) is 6.08 Å². The molecule has 140 valence electrons. The molecule has 0 bridgehead atoms. The predicted molar refractivity (Wildman–Crippen MR) is 91.9 cm³/mol. The first-order valence-corrected chi connectivity index (χ1v) is 8.23. The maximum Gasteiger partial charge on any atom is 0.303 e. The second-order valence-electron chi connectivity index (χ2n) is 5.86. The first-order chi connectivity index (χ1) is 12.4. The molecule has 1 saturated heterocycles. The van der Waals surface area contributed by atoms with Gasteiger partial charge in [0.2, 0.25) is 0 Å². The van der Waals surface area contributed by atoms with E-state index in [4.69, 9.17) is 18.9 Å². The molecule has 26 heavy (non-hydrogen) atoms. The molecular weight excluding hydrogens is 340 g/mol. The Hall–Kier alpha value is -2.67. The van der Waals surface area contributed by atoms with Crippen LogP contribution in [0.2, 0.25) is 0 Å². The summed E-state index contributed by atoms with van der Waals surface area (Å²) >= 11 is 0. The topological polar surface area (TPSA) is 88.1 Å². The molecule has 1 fully saturated rings. The van der Waals surface area contributed by atoms with Crippen molar-refractivity contribution in [2.45, 2.75) is 45.2 Å². The molecule has 0 aromatic heterocycles. The van der Waals surface area contributed by atoms with Crippen LogP contribution in [0.4, 0.5) is 0 Å². The summed E-state index contributed by atoms with van der Waals surface area (Å²) in [5, 5.41) is 0. The van der Waals surface area contributed by atoms with E-state index in [0.29, 0.717) is 0 Å². The van der Waals surface area contributed by atoms with Crippen molar-refractivity contribution in [2.24, 2.45) is 0 Å². The molecular formula is C19H22O7. The maximum atomic E-state index is 11.5. The normalized spacial score (nSPS) is 25.0. The van der Waals surface area contributed by atoms with Gasteiger partial charge in [0.1, 0.15) is 18.8 Å². The number of rotatable bonds is 6. The summed E-state index contributed by atoms with van der Waals surface area (Å²) < 4.78 is 21.4. The van der Waals surface area contributed by atoms with E-state index < -0.39 is 42.3 Å². The lowest BCUT2D eigenvalue weighted by Gasteiger charge is -2.22. The summed E-state index contributed by atoms with van der Waals surface area (Å²) in [6.45, 7) is 3.68. The molecule has 1 aromatic carbocycles. The molecule has 2 rings (SSSR count). The summed E-state index contributed by atoms with van der Waals surface area (Å²) in [5.41, 5.74) is 0.935. The van der Waals surface area contributed by atoms with Crippen molar-refractivity contribution < 1.29 is 33.3 Å². The largest absolute Gasteiger partial charge is 0.463 e. The number of hydrogen-bond acceptors (Lipinski definition) is 7. The number of ether oxygens (including phenoxy) is 4. The van der Waals surface area contributed by atoms with Crippen LogP contribution < -0.4 is 0 Å². The highest BCUT2D eigenvalue weighted by atomic mass is 16.6. The van der Waals surface area contributed by atoms with Gasteiger partial charge in [0, 0.05) is 20.8 Å². The lowest BCUT2D eigenvalue weighted by molar-refractivity contribution is -0.165. The lowest BCUT2D eigenvalue weighted by atomic mass is 10.1. The number of carbonyl (C=O) groups excluding carboxylic acids is 3. The molecule has 1 heterocycles. The smallest absolute Gasteiger partial charge is 0.303 e. The van der Waals surface area contributed by atoms with E-state index in [2.05, 4.69) is 0 Å². The van der Waals surface area contributed by atoms with E-state index in [9.17, 15) is 14.4 Å². The summed E-state index contributed by atoms with van der Waals surface area (Å²) in [6, 6.07) is 9.50. The van der Waals surface area contributed by atoms with Gasteiger partial charge < -0.3 is 18.9 Å². The Balaban J connectivity index is 2.22. The number of benzene rings is 1. The maximum absolute atomic E-state index is 11.5. The van der Waals surface area contributed by atoms with Gasteiger partial charge >= 0.3 is 17.9 Å². The third-order valence-electron chi connectivity index (χ3n) is 3.68. The van der Waals surface area contributed by atoms with Crippen molar-refractivity contribution in [1.82, 2.24) is 0 Å². The first kappa shape index (κ1) is 19.7. The molecule has 4 atom stereocenters. The van der Waals surface area contributed by atoms with Gasteiger partial charge in [-0.25, -0.2) is 0 Å². The monoisotopic (exact) mass is 362 g/mol. The summed E-state index contributed by atoms with van der Waals surface area (Å²) in [4.78, 5) is 34.0. The van der Waals surface area contributed by atoms with Crippen LogP contribution in [0, 0.1) is 0 Å². The third-order valence-corrected chi connectivity index (χ3v) is 3.68. The van der Waals surface area contributed by atoms with Crippen molar-refractivity contribution in [3.05, 3.63) is 42.0 Å². The number of carbonyl (C=O) groups is 3. The van der Waals surface area contributed by atoms with Gasteiger partial charge in [-0.2, -0.15) is 0 Å². The van der Waals surface area contributed by atoms with Crippen LogP contribution in [0.15, 0.2) is 36.4 Å². The minimum Gasteiger partial charge on any atom is -0.463 e. The van der Waals surface area contributed by atoms with Crippen LogP contribution in [-0.4, -0.2) is 48.9 Å². The van der Waals surface area contributed by atoms with Crippen LogP contribution in [-0.2, 0) is 33.3 Å². The highest BCUT2D eigenvalue weighted by Crippen LogP contribution is 2.29. The molecule has 1 aromatic rings. The molecule has 0 N–H and O–H groups in total. The molecule has 7 heteroatoms. The predicted octanol–water partition coefficient (Wildman–Crippen LogP) is 1.89. The van der Waals surface area contributed by atoms with E-state index in [0.717, 1.165) is 5.56 Å². The van der Waals surface area contributed by atoms with Gasteiger partial charge in [0.15, 0.2) is 12.2 Å². The molecule has 0 radical (unpaired) electrons. The summed E-state index contributed by atoms with van der Waals surface area (Å²) in [5.74, 6) is -1.55. The van der Waals surface area contributed by atoms with Crippen molar-refractivity contribution in [3.63, 3.8) is 0 Å². The van der Waals surface area contributed by atoms with Crippen LogP contribution in [0.5, 0.6) is 0 Å². The molecule has 0 amide bonds. The number of hydrogen-bond donors (Lipinski definition) is 0. The Labute approximate surface area is 151 Å². The Morgan fingerprint density at radius 1 is 0.962 bits per heavy atom. The molecule has 0 unspecified atom stereocenters. The Kier molecular flexibility index (Phi) is 6.91. The van der Waals surface area contributed by atoms with E-state index in [1.165, 1.54) is 20.8 Å². The van der Waals surface area contributed by atoms with Crippen LogP contribution in [0.3, 0.4) is 0 Å². The molecule has 0 aliphatic carbocycles. The Bertz CT molecular complexity index is 668. The second kappa shape index (κ2) is 9.15. The van der Waals surface area contributed by atoms with Gasteiger partial charge in [0.25, 0.3) is 0 Å². The van der Waals surface area contributed by atoms with Gasteiger partial charge in [-0.1, -0.05) is 42.5 Å². The van der Waals surface area contributed by atoms with Crippen LogP contribution in [0.1, 0.15) is 26.3 Å². The van der Waals surface area contributed by atoms with Crippen LogP contribution >= 0.6 is 0 Å². The molecule has 1 aliphatic rings. The standard InChI is InChI=1S/C19H22O7/c1-12(20)23-11-17-19(25-14(3)22)18(24-13(2)21)16(26-17)10-9-15-7-5-4-6-8-15/h4-10,16-19H,11H2,1-3H3/b10-9+/t16-,17+,18+,19+/m0/s1. The number of esters is 3. The minimum absolute atomic E-state index is 0.110. The summed E-state index contributed by atoms with van der Waals surface area (Å²) in [6.07, 6.45) is 0.451. The third kappa shape index (κ3) is 5.70. The van der Waals surface area contributed by atoms with Gasteiger partial charge in [0.05, 0.1) is 0 Å². The fourth-order valence-corrected chi connectivity index (χ4v) is 2.67. The Morgan fingerprint density at radius 3 is 2.15 bits per heavy atom. The zero-order valence-corrected chi connectivity index (χ0v) is 14.9. The summed E-state index contributed by atoms with van der Waals surface area (Å²) in [7, 11) is 0. The van der Waals surface area contributed by atoms with Gasteiger partial charge in [-0.3, -0.25) is 14.4 Å². The highest BCUT2D eigenvalue weighted by molar-refractivity contribution is 5.68. The van der Waals surface area contributed by atoms with E-state index >= 15 is 0 Å². The molecule has 7 nitrogen and oxygen atoms in total. The van der Waals surface area contributed by atoms with Crippen molar-refractivity contribution in [3.8, 4) is 0 Å². The van der Waals surface area contributed by atoms with Gasteiger partial charge in [-0.05, 0) is 5.56 Å². The second-order valence-corrected chi connectivity index (χ2v) is 5.86. The average molecular weight is 362 g/mol. The van der Waals surface area contributed by atoms with E-state index in [-0.39, 0.29) is 6.61 Å². The van der Waals surface area contributed by atoms with Gasteiger partial charge in [-0.15, -0.1) is 0 Å². The highest BCUT2D eigenvalue weighted by Gasteiger charge is 2.48. The van der Waals surface area contributed by atoms with Crippen LogP contribution in [0.25, 0.3) is 6.08 Å². The van der Waals surface area contributed by atoms with Crippen molar-refractivity contribution in [1.29, 1.82) is 0 Å². The first-order valence-electron chi connectivity index (χ1n) is 8.23.